The van der Waals surface area contributed by atoms with Gasteiger partial charge in [-0.05, 0) is 32.4 Å². The van der Waals surface area contributed by atoms with Crippen molar-refractivity contribution < 1.29 is 14.4 Å². The van der Waals surface area contributed by atoms with Crippen LogP contribution in [0.5, 0.6) is 5.75 Å². The predicted octanol–water partition coefficient (Wildman–Crippen LogP) is 2.22. The highest BCUT2D eigenvalue weighted by atomic mass is 16.6. The first kappa shape index (κ1) is 13.5. The van der Waals surface area contributed by atoms with Crippen LogP contribution in [0.4, 0.5) is 0 Å². The van der Waals surface area contributed by atoms with Crippen molar-refractivity contribution in [3.63, 3.8) is 0 Å². The van der Waals surface area contributed by atoms with Gasteiger partial charge < -0.3 is 4.74 Å². The molecular formula is C13H19NO3. The molecule has 1 aromatic rings. The molecule has 1 rings (SSSR count). The Hall–Kier alpha value is -1.55. The summed E-state index contributed by atoms with van der Waals surface area (Å²) in [5.74, 6) is 0.722. The van der Waals surface area contributed by atoms with Crippen LogP contribution in [0.2, 0.25) is 0 Å². The summed E-state index contributed by atoms with van der Waals surface area (Å²) in [7, 11) is 0. The number of amides is 1. The van der Waals surface area contributed by atoms with Crippen molar-refractivity contribution >= 4 is 5.91 Å². The number of aryl methyl sites for hydroxylation is 1. The lowest BCUT2D eigenvalue weighted by atomic mass is 10.2. The number of benzene rings is 1. The molecule has 4 nitrogen and oxygen atoms in total. The van der Waals surface area contributed by atoms with E-state index >= 15 is 0 Å². The van der Waals surface area contributed by atoms with Gasteiger partial charge in [0.15, 0.2) is 0 Å². The van der Waals surface area contributed by atoms with Gasteiger partial charge in [0.2, 0.25) is 5.91 Å². The second-order valence-corrected chi connectivity index (χ2v) is 3.72. The fraction of sp³-hybridized carbons (Fsp3) is 0.462. The van der Waals surface area contributed by atoms with E-state index in [-0.39, 0.29) is 5.91 Å². The number of hydroxylamine groups is 1. The van der Waals surface area contributed by atoms with Crippen molar-refractivity contribution in [1.29, 1.82) is 0 Å². The summed E-state index contributed by atoms with van der Waals surface area (Å²) < 4.78 is 5.50. The molecule has 0 atom stereocenters. The highest BCUT2D eigenvalue weighted by Gasteiger charge is 2.00. The summed E-state index contributed by atoms with van der Waals surface area (Å²) in [6.45, 7) is 4.86. The lowest BCUT2D eigenvalue weighted by Gasteiger charge is -2.06. The molecule has 94 valence electrons. The van der Waals surface area contributed by atoms with Crippen molar-refractivity contribution in [2.45, 2.75) is 26.7 Å². The maximum Gasteiger partial charge on any atom is 0.243 e. The Bertz CT molecular complexity index is 335. The van der Waals surface area contributed by atoms with Gasteiger partial charge in [-0.15, -0.1) is 0 Å². The zero-order valence-corrected chi connectivity index (χ0v) is 10.4. The van der Waals surface area contributed by atoms with Crippen LogP contribution in [0.1, 0.15) is 25.3 Å². The number of hydrogen-bond donors (Lipinski definition) is 1. The SMILES string of the molecule is CCONC(=O)CCCOc1ccc(C)cc1. The van der Waals surface area contributed by atoms with Crippen molar-refractivity contribution in [1.82, 2.24) is 5.48 Å². The molecule has 0 spiro atoms. The van der Waals surface area contributed by atoms with Crippen LogP contribution in [0.25, 0.3) is 0 Å². The van der Waals surface area contributed by atoms with Gasteiger partial charge in [-0.3, -0.25) is 9.63 Å². The van der Waals surface area contributed by atoms with Crippen LogP contribution in [0.3, 0.4) is 0 Å². The molecule has 0 heterocycles. The van der Waals surface area contributed by atoms with Crippen LogP contribution in [0.15, 0.2) is 24.3 Å². The summed E-state index contributed by atoms with van der Waals surface area (Å²) >= 11 is 0. The normalized spacial score (nSPS) is 10.0. The van der Waals surface area contributed by atoms with Crippen LogP contribution in [-0.4, -0.2) is 19.1 Å². The largest absolute Gasteiger partial charge is 0.494 e. The average Bonchev–Trinajstić information content (AvgIpc) is 2.34. The second-order valence-electron chi connectivity index (χ2n) is 3.72. The maximum atomic E-state index is 11.2. The van der Waals surface area contributed by atoms with Crippen molar-refractivity contribution in [3.05, 3.63) is 29.8 Å². The summed E-state index contributed by atoms with van der Waals surface area (Å²) in [4.78, 5) is 15.9. The van der Waals surface area contributed by atoms with Gasteiger partial charge in [0, 0.05) is 6.42 Å². The maximum absolute atomic E-state index is 11.2. The highest BCUT2D eigenvalue weighted by Crippen LogP contribution is 2.11. The van der Waals surface area contributed by atoms with Gasteiger partial charge in [0.25, 0.3) is 0 Å². The third-order valence-electron chi connectivity index (χ3n) is 2.17. The van der Waals surface area contributed by atoms with E-state index in [4.69, 9.17) is 9.57 Å². The number of nitrogens with one attached hydrogen (secondary N) is 1. The van der Waals surface area contributed by atoms with Crippen LogP contribution < -0.4 is 10.2 Å². The molecule has 4 heteroatoms. The fourth-order valence-corrected chi connectivity index (χ4v) is 1.26. The molecule has 0 saturated heterocycles. The Morgan fingerprint density at radius 2 is 2.00 bits per heavy atom. The number of rotatable bonds is 7. The topological polar surface area (TPSA) is 47.6 Å². The summed E-state index contributed by atoms with van der Waals surface area (Å²) in [6, 6.07) is 7.85. The molecule has 0 unspecified atom stereocenters. The van der Waals surface area contributed by atoms with Crippen molar-refractivity contribution in [2.75, 3.05) is 13.2 Å². The average molecular weight is 237 g/mol. The highest BCUT2D eigenvalue weighted by molar-refractivity contribution is 5.74. The molecule has 0 radical (unpaired) electrons. The molecule has 0 aliphatic heterocycles. The van der Waals surface area contributed by atoms with Crippen LogP contribution >= 0.6 is 0 Å². The van der Waals surface area contributed by atoms with Gasteiger partial charge in [0.05, 0.1) is 13.2 Å². The van der Waals surface area contributed by atoms with E-state index in [0.717, 1.165) is 5.75 Å². The Morgan fingerprint density at radius 3 is 2.65 bits per heavy atom. The van der Waals surface area contributed by atoms with E-state index < -0.39 is 0 Å². The number of carbonyl (C=O) groups excluding carboxylic acids is 1. The summed E-state index contributed by atoms with van der Waals surface area (Å²) in [5, 5.41) is 0. The van der Waals surface area contributed by atoms with Crippen LogP contribution in [0, 0.1) is 6.92 Å². The first-order valence-corrected chi connectivity index (χ1v) is 5.82. The Balaban J connectivity index is 2.11. The standard InChI is InChI=1S/C13H19NO3/c1-3-17-14-13(15)5-4-10-16-12-8-6-11(2)7-9-12/h6-9H,3-5,10H2,1-2H3,(H,14,15). The zero-order chi connectivity index (χ0) is 12.5. The predicted molar refractivity (Wildman–Crippen MR) is 65.7 cm³/mol. The molecule has 0 fully saturated rings. The van der Waals surface area contributed by atoms with E-state index in [1.165, 1.54) is 5.56 Å². The lowest BCUT2D eigenvalue weighted by molar-refractivity contribution is -0.133. The third-order valence-corrected chi connectivity index (χ3v) is 2.17. The lowest BCUT2D eigenvalue weighted by Crippen LogP contribution is -2.23. The fourth-order valence-electron chi connectivity index (χ4n) is 1.26. The molecule has 0 aromatic heterocycles. The Labute approximate surface area is 102 Å². The molecule has 0 saturated carbocycles. The van der Waals surface area contributed by atoms with Crippen molar-refractivity contribution in [2.24, 2.45) is 0 Å². The number of carbonyl (C=O) groups is 1. The van der Waals surface area contributed by atoms with E-state index in [1.807, 2.05) is 38.1 Å². The second kappa shape index (κ2) is 7.68. The number of ether oxygens (including phenoxy) is 1. The molecule has 17 heavy (non-hydrogen) atoms. The van der Waals surface area contributed by atoms with Crippen LogP contribution in [-0.2, 0) is 9.63 Å². The zero-order valence-electron chi connectivity index (χ0n) is 10.4. The molecular weight excluding hydrogens is 218 g/mol. The minimum Gasteiger partial charge on any atom is -0.494 e. The van der Waals surface area contributed by atoms with Gasteiger partial charge >= 0.3 is 0 Å². The third kappa shape index (κ3) is 5.92. The molecule has 1 aromatic carbocycles. The number of hydrogen-bond acceptors (Lipinski definition) is 3. The Kier molecular flexibility index (Phi) is 6.10. The first-order valence-electron chi connectivity index (χ1n) is 5.82. The smallest absolute Gasteiger partial charge is 0.243 e. The van der Waals surface area contributed by atoms with Gasteiger partial charge in [-0.2, -0.15) is 0 Å². The summed E-state index contributed by atoms with van der Waals surface area (Å²) in [5.41, 5.74) is 3.55. The van der Waals surface area contributed by atoms with Gasteiger partial charge in [-0.25, -0.2) is 5.48 Å². The monoisotopic (exact) mass is 237 g/mol. The Morgan fingerprint density at radius 1 is 1.29 bits per heavy atom. The van der Waals surface area contributed by atoms with E-state index in [9.17, 15) is 4.79 Å². The molecule has 0 bridgehead atoms. The summed E-state index contributed by atoms with van der Waals surface area (Å²) in [6.07, 6.45) is 1.08. The van der Waals surface area contributed by atoms with E-state index in [0.29, 0.717) is 26.1 Å². The van der Waals surface area contributed by atoms with E-state index in [1.54, 1.807) is 0 Å². The molecule has 0 aliphatic rings. The molecule has 1 amide bonds. The van der Waals surface area contributed by atoms with Crippen molar-refractivity contribution in [3.8, 4) is 5.75 Å². The molecule has 1 N–H and O–H groups in total. The van der Waals surface area contributed by atoms with Gasteiger partial charge in [0.1, 0.15) is 5.75 Å². The van der Waals surface area contributed by atoms with Gasteiger partial charge in [-0.1, -0.05) is 17.7 Å². The first-order chi connectivity index (χ1) is 8.22. The molecule has 0 aliphatic carbocycles. The minimum absolute atomic E-state index is 0.112. The van der Waals surface area contributed by atoms with E-state index in [2.05, 4.69) is 5.48 Å². The quantitative estimate of drug-likeness (QED) is 0.584. The minimum atomic E-state index is -0.112.